The van der Waals surface area contributed by atoms with E-state index < -0.39 is 11.9 Å². The zero-order valence-corrected chi connectivity index (χ0v) is 24.5. The van der Waals surface area contributed by atoms with Crippen LogP contribution in [-0.2, 0) is 9.59 Å². The highest BCUT2D eigenvalue weighted by Crippen LogP contribution is 2.14. The minimum absolute atomic E-state index is 0.345. The molecule has 0 unspecified atom stereocenters. The average molecular weight is 513 g/mol. The van der Waals surface area contributed by atoms with Crippen LogP contribution in [0.25, 0.3) is 0 Å². The third kappa shape index (κ3) is 40.1. The van der Waals surface area contributed by atoms with Crippen LogP contribution in [0.5, 0.6) is 0 Å². The van der Waals surface area contributed by atoms with Crippen molar-refractivity contribution in [3.8, 4) is 0 Å². The molecule has 0 fully saturated rings. The standard InChI is InChI=1S/2C16H32O2/c2*1-2-3-4-5-6-7-8-9-10-11-12-13-14-15-16(17)18/h2*2-15H2,1H3,(H,17,18). The highest BCUT2D eigenvalue weighted by Gasteiger charge is 1.98. The zero-order chi connectivity index (χ0) is 27.0. The topological polar surface area (TPSA) is 74.6 Å². The second-order valence-corrected chi connectivity index (χ2v) is 10.8. The maximum absolute atomic E-state index is 10.3. The van der Waals surface area contributed by atoms with Gasteiger partial charge in [-0.05, 0) is 12.8 Å². The fourth-order valence-corrected chi connectivity index (χ4v) is 4.59. The largest absolute Gasteiger partial charge is 0.481 e. The Morgan fingerprint density at radius 3 is 0.667 bits per heavy atom. The molecule has 0 spiro atoms. The summed E-state index contributed by atoms with van der Waals surface area (Å²) in [7, 11) is 0. The molecule has 0 aromatic carbocycles. The molecule has 0 radical (unpaired) electrons. The van der Waals surface area contributed by atoms with Crippen LogP contribution >= 0.6 is 0 Å². The van der Waals surface area contributed by atoms with Gasteiger partial charge in [0, 0.05) is 12.8 Å². The monoisotopic (exact) mass is 512 g/mol. The fourth-order valence-electron chi connectivity index (χ4n) is 4.59. The summed E-state index contributed by atoms with van der Waals surface area (Å²) in [5, 5.41) is 17.0. The van der Waals surface area contributed by atoms with Crippen molar-refractivity contribution in [3.63, 3.8) is 0 Å². The first kappa shape index (κ1) is 37.1. The molecule has 216 valence electrons. The molecule has 0 amide bonds. The van der Waals surface area contributed by atoms with E-state index in [9.17, 15) is 9.59 Å². The fraction of sp³-hybridized carbons (Fsp3) is 0.938. The van der Waals surface area contributed by atoms with Gasteiger partial charge in [-0.1, -0.05) is 168 Å². The van der Waals surface area contributed by atoms with E-state index in [2.05, 4.69) is 13.8 Å². The number of carbonyl (C=O) groups is 2. The van der Waals surface area contributed by atoms with Crippen LogP contribution in [0.15, 0.2) is 0 Å². The second kappa shape index (κ2) is 33.9. The van der Waals surface area contributed by atoms with Gasteiger partial charge in [-0.3, -0.25) is 9.59 Å². The summed E-state index contributed by atoms with van der Waals surface area (Å²) < 4.78 is 0. The maximum atomic E-state index is 10.3. The quantitative estimate of drug-likeness (QED) is 0.102. The van der Waals surface area contributed by atoms with Gasteiger partial charge in [0.15, 0.2) is 0 Å². The molecule has 4 heteroatoms. The van der Waals surface area contributed by atoms with Gasteiger partial charge >= 0.3 is 11.9 Å². The van der Waals surface area contributed by atoms with Crippen LogP contribution in [0.4, 0.5) is 0 Å². The van der Waals surface area contributed by atoms with Crippen molar-refractivity contribution in [3.05, 3.63) is 0 Å². The predicted molar refractivity (Wildman–Crippen MR) is 156 cm³/mol. The van der Waals surface area contributed by atoms with E-state index >= 15 is 0 Å². The van der Waals surface area contributed by atoms with Crippen LogP contribution in [0.2, 0.25) is 0 Å². The third-order valence-corrected chi connectivity index (χ3v) is 6.99. The molecule has 0 atom stereocenters. The minimum Gasteiger partial charge on any atom is -0.481 e. The number of aliphatic carboxylic acids is 2. The molecule has 0 bridgehead atoms. The molecule has 0 aromatic rings. The normalized spacial score (nSPS) is 10.7. The average Bonchev–Trinajstić information content (AvgIpc) is 2.85. The lowest BCUT2D eigenvalue weighted by molar-refractivity contribution is -0.138. The number of rotatable bonds is 28. The molecule has 4 nitrogen and oxygen atoms in total. The Morgan fingerprint density at radius 2 is 0.500 bits per heavy atom. The second-order valence-electron chi connectivity index (χ2n) is 10.8. The SMILES string of the molecule is CCCCCCCCCCCCCCCC(=O)O.CCCCCCCCCCCCCCCC(=O)O. The molecule has 2 N–H and O–H groups in total. The first-order valence-electron chi connectivity index (χ1n) is 16.0. The molecule has 0 aromatic heterocycles. The Morgan fingerprint density at radius 1 is 0.333 bits per heavy atom. The van der Waals surface area contributed by atoms with Crippen LogP contribution < -0.4 is 0 Å². The molecule has 0 aliphatic rings. The van der Waals surface area contributed by atoms with E-state index in [-0.39, 0.29) is 0 Å². The van der Waals surface area contributed by atoms with Crippen molar-refractivity contribution in [2.75, 3.05) is 0 Å². The Balaban J connectivity index is 0. The number of carboxylic acid groups (broad SMARTS) is 2. The summed E-state index contributed by atoms with van der Waals surface area (Å²) >= 11 is 0. The maximum Gasteiger partial charge on any atom is 0.303 e. The van der Waals surface area contributed by atoms with E-state index in [1.807, 2.05) is 0 Å². The van der Waals surface area contributed by atoms with Gasteiger partial charge in [0.1, 0.15) is 0 Å². The summed E-state index contributed by atoms with van der Waals surface area (Å²) in [6, 6.07) is 0. The highest BCUT2D eigenvalue weighted by atomic mass is 16.4. The van der Waals surface area contributed by atoms with Gasteiger partial charge in [0.05, 0.1) is 0 Å². The molecule has 0 heterocycles. The zero-order valence-electron chi connectivity index (χ0n) is 24.5. The summed E-state index contributed by atoms with van der Waals surface area (Å²) in [6.07, 6.45) is 34.5. The summed E-state index contributed by atoms with van der Waals surface area (Å²) in [5.74, 6) is -1.31. The van der Waals surface area contributed by atoms with Crippen molar-refractivity contribution in [2.45, 2.75) is 194 Å². The Kier molecular flexibility index (Phi) is 35.0. The van der Waals surface area contributed by atoms with E-state index in [0.717, 1.165) is 25.7 Å². The van der Waals surface area contributed by atoms with Crippen molar-refractivity contribution in [1.82, 2.24) is 0 Å². The third-order valence-electron chi connectivity index (χ3n) is 6.99. The molecule has 0 saturated heterocycles. The Hall–Kier alpha value is -1.06. The van der Waals surface area contributed by atoms with E-state index in [0.29, 0.717) is 12.8 Å². The van der Waals surface area contributed by atoms with Crippen LogP contribution in [0, 0.1) is 0 Å². The first-order valence-corrected chi connectivity index (χ1v) is 16.0. The van der Waals surface area contributed by atoms with Gasteiger partial charge in [0.25, 0.3) is 0 Å². The highest BCUT2D eigenvalue weighted by molar-refractivity contribution is 5.66. The van der Waals surface area contributed by atoms with E-state index in [4.69, 9.17) is 10.2 Å². The number of hydrogen-bond donors (Lipinski definition) is 2. The van der Waals surface area contributed by atoms with Crippen molar-refractivity contribution < 1.29 is 19.8 Å². The number of hydrogen-bond acceptors (Lipinski definition) is 2. The van der Waals surface area contributed by atoms with Gasteiger partial charge in [-0.15, -0.1) is 0 Å². The van der Waals surface area contributed by atoms with Crippen LogP contribution in [0.1, 0.15) is 194 Å². The van der Waals surface area contributed by atoms with Gasteiger partial charge in [-0.25, -0.2) is 0 Å². The number of carboxylic acids is 2. The van der Waals surface area contributed by atoms with Gasteiger partial charge < -0.3 is 10.2 Å². The minimum atomic E-state index is -0.655. The molecule has 0 rings (SSSR count). The van der Waals surface area contributed by atoms with E-state index in [1.165, 1.54) is 141 Å². The van der Waals surface area contributed by atoms with Crippen molar-refractivity contribution >= 4 is 11.9 Å². The Labute approximate surface area is 225 Å². The molecular weight excluding hydrogens is 448 g/mol. The molecule has 0 saturated carbocycles. The predicted octanol–water partition coefficient (Wildman–Crippen LogP) is 11.1. The smallest absolute Gasteiger partial charge is 0.303 e. The molecule has 36 heavy (non-hydrogen) atoms. The lowest BCUT2D eigenvalue weighted by Gasteiger charge is -2.02. The van der Waals surface area contributed by atoms with E-state index in [1.54, 1.807) is 0 Å². The number of unbranched alkanes of at least 4 members (excludes halogenated alkanes) is 24. The van der Waals surface area contributed by atoms with Gasteiger partial charge in [-0.2, -0.15) is 0 Å². The summed E-state index contributed by atoms with van der Waals surface area (Å²) in [5.41, 5.74) is 0. The molecule has 0 aliphatic heterocycles. The summed E-state index contributed by atoms with van der Waals surface area (Å²) in [4.78, 5) is 20.6. The lowest BCUT2D eigenvalue weighted by Crippen LogP contribution is -1.93. The molecule has 0 aliphatic carbocycles. The first-order chi connectivity index (χ1) is 17.5. The van der Waals surface area contributed by atoms with Crippen molar-refractivity contribution in [2.24, 2.45) is 0 Å². The lowest BCUT2D eigenvalue weighted by atomic mass is 10.0. The van der Waals surface area contributed by atoms with Crippen molar-refractivity contribution in [1.29, 1.82) is 0 Å². The van der Waals surface area contributed by atoms with Gasteiger partial charge in [0.2, 0.25) is 0 Å². The molecular formula is C32H64O4. The van der Waals surface area contributed by atoms with Crippen LogP contribution in [-0.4, -0.2) is 22.2 Å². The Bertz CT molecular complexity index is 396. The van der Waals surface area contributed by atoms with Crippen LogP contribution in [0.3, 0.4) is 0 Å². The summed E-state index contributed by atoms with van der Waals surface area (Å²) in [6.45, 7) is 4.52.